The van der Waals surface area contributed by atoms with E-state index in [-0.39, 0.29) is 29.9 Å². The Morgan fingerprint density at radius 2 is 1.80 bits per heavy atom. The fraction of sp³-hybridized carbons (Fsp3) is 0.895. The summed E-state index contributed by atoms with van der Waals surface area (Å²) in [7, 11) is 1.72. The van der Waals surface area contributed by atoms with Gasteiger partial charge in [0.2, 0.25) is 5.91 Å². The van der Waals surface area contributed by atoms with Crippen molar-refractivity contribution >= 4 is 35.8 Å². The lowest BCUT2D eigenvalue weighted by atomic mass is 9.93. The summed E-state index contributed by atoms with van der Waals surface area (Å²) in [5.41, 5.74) is 0. The van der Waals surface area contributed by atoms with Crippen LogP contribution >= 0.6 is 24.0 Å². The minimum absolute atomic E-state index is 0. The van der Waals surface area contributed by atoms with E-state index in [0.29, 0.717) is 12.3 Å². The van der Waals surface area contributed by atoms with Crippen molar-refractivity contribution in [2.75, 3.05) is 33.2 Å². The van der Waals surface area contributed by atoms with Gasteiger partial charge in [-0.3, -0.25) is 9.79 Å². The van der Waals surface area contributed by atoms with Gasteiger partial charge in [-0.25, -0.2) is 0 Å². The van der Waals surface area contributed by atoms with Crippen LogP contribution in [-0.4, -0.2) is 50.0 Å². The predicted octanol–water partition coefficient (Wildman–Crippen LogP) is 3.39. The third kappa shape index (κ3) is 8.13. The Hall–Kier alpha value is -0.530. The molecular weight excluding hydrogens is 427 g/mol. The fourth-order valence-electron chi connectivity index (χ4n) is 4.00. The Balaban J connectivity index is 0.00000312. The van der Waals surface area contributed by atoms with E-state index in [1.54, 1.807) is 7.05 Å². The van der Waals surface area contributed by atoms with Crippen molar-refractivity contribution < 1.29 is 4.79 Å². The lowest BCUT2D eigenvalue weighted by Gasteiger charge is -2.34. The van der Waals surface area contributed by atoms with Gasteiger partial charge in [0, 0.05) is 39.6 Å². The van der Waals surface area contributed by atoms with Gasteiger partial charge in [-0.15, -0.1) is 24.0 Å². The van der Waals surface area contributed by atoms with Crippen LogP contribution in [0.1, 0.15) is 64.7 Å². The maximum Gasteiger partial charge on any atom is 0.220 e. The van der Waals surface area contributed by atoms with Crippen molar-refractivity contribution in [2.24, 2.45) is 16.8 Å². The maximum absolute atomic E-state index is 11.5. The first kappa shape index (κ1) is 22.5. The Bertz CT molecular complexity index is 402. The molecule has 2 N–H and O–H groups in total. The first-order valence-electron chi connectivity index (χ1n) is 9.96. The topological polar surface area (TPSA) is 56.7 Å². The molecule has 0 aromatic carbocycles. The van der Waals surface area contributed by atoms with E-state index in [1.165, 1.54) is 38.5 Å². The summed E-state index contributed by atoms with van der Waals surface area (Å²) in [6, 6.07) is 0. The average molecular weight is 464 g/mol. The summed E-state index contributed by atoms with van der Waals surface area (Å²) >= 11 is 0. The Labute approximate surface area is 170 Å². The molecule has 0 aromatic heterocycles. The zero-order valence-electron chi connectivity index (χ0n) is 16.1. The van der Waals surface area contributed by atoms with Gasteiger partial charge >= 0.3 is 0 Å². The monoisotopic (exact) mass is 464 g/mol. The van der Waals surface area contributed by atoms with E-state index in [9.17, 15) is 4.79 Å². The number of aliphatic imine (C=N–C) groups is 1. The lowest BCUT2D eigenvalue weighted by molar-refractivity contribution is -0.121. The predicted molar refractivity (Wildman–Crippen MR) is 116 cm³/mol. The first-order chi connectivity index (χ1) is 11.7. The van der Waals surface area contributed by atoms with E-state index in [1.807, 2.05) is 0 Å². The minimum Gasteiger partial charge on any atom is -0.359 e. The van der Waals surface area contributed by atoms with Gasteiger partial charge in [0.1, 0.15) is 0 Å². The Morgan fingerprint density at radius 1 is 1.12 bits per heavy atom. The van der Waals surface area contributed by atoms with Crippen LogP contribution in [0.25, 0.3) is 0 Å². The molecule has 1 amide bonds. The molecule has 2 aliphatic rings. The number of guanidine groups is 1. The molecule has 6 heteroatoms. The number of carbonyl (C=O) groups is 1. The van der Waals surface area contributed by atoms with Gasteiger partial charge in [0.05, 0.1) is 0 Å². The highest BCUT2D eigenvalue weighted by atomic mass is 127. The van der Waals surface area contributed by atoms with Crippen molar-refractivity contribution in [3.63, 3.8) is 0 Å². The second-order valence-corrected chi connectivity index (χ2v) is 7.34. The third-order valence-electron chi connectivity index (χ3n) is 5.51. The molecule has 2 rings (SSSR count). The summed E-state index contributed by atoms with van der Waals surface area (Å²) in [5, 5.41) is 6.18. The number of halogens is 1. The van der Waals surface area contributed by atoms with Crippen LogP contribution in [-0.2, 0) is 4.79 Å². The molecule has 1 saturated carbocycles. The van der Waals surface area contributed by atoms with Crippen LogP contribution in [0.4, 0.5) is 0 Å². The van der Waals surface area contributed by atoms with Crippen LogP contribution in [0.5, 0.6) is 0 Å². The van der Waals surface area contributed by atoms with Crippen LogP contribution < -0.4 is 10.6 Å². The van der Waals surface area contributed by atoms with Crippen molar-refractivity contribution in [3.05, 3.63) is 0 Å². The second kappa shape index (κ2) is 12.8. The number of hydrogen-bond acceptors (Lipinski definition) is 2. The molecule has 1 heterocycles. The van der Waals surface area contributed by atoms with Crippen molar-refractivity contribution in [1.29, 1.82) is 0 Å². The lowest BCUT2D eigenvalue weighted by Crippen LogP contribution is -2.46. The highest BCUT2D eigenvalue weighted by Crippen LogP contribution is 2.28. The summed E-state index contributed by atoms with van der Waals surface area (Å²) < 4.78 is 0. The van der Waals surface area contributed by atoms with Gasteiger partial charge in [-0.05, 0) is 44.4 Å². The molecule has 146 valence electrons. The van der Waals surface area contributed by atoms with Gasteiger partial charge < -0.3 is 15.5 Å². The van der Waals surface area contributed by atoms with Crippen molar-refractivity contribution in [2.45, 2.75) is 64.7 Å². The average Bonchev–Trinajstić information content (AvgIpc) is 3.12. The van der Waals surface area contributed by atoms with E-state index < -0.39 is 0 Å². The van der Waals surface area contributed by atoms with Gasteiger partial charge in [-0.1, -0.05) is 25.7 Å². The largest absolute Gasteiger partial charge is 0.359 e. The highest BCUT2D eigenvalue weighted by molar-refractivity contribution is 14.0. The first-order valence-corrected chi connectivity index (χ1v) is 9.96. The smallest absolute Gasteiger partial charge is 0.220 e. The number of likely N-dealkylation sites (tertiary alicyclic amines) is 1. The van der Waals surface area contributed by atoms with Gasteiger partial charge in [0.15, 0.2) is 5.96 Å². The number of hydrogen-bond donors (Lipinski definition) is 2. The van der Waals surface area contributed by atoms with Crippen LogP contribution in [0, 0.1) is 11.8 Å². The number of nitrogens with one attached hydrogen (secondary N) is 2. The molecule has 1 aliphatic carbocycles. The third-order valence-corrected chi connectivity index (χ3v) is 5.51. The number of amides is 1. The summed E-state index contributed by atoms with van der Waals surface area (Å²) in [6.07, 6.45) is 11.1. The van der Waals surface area contributed by atoms with Crippen LogP contribution in [0.3, 0.4) is 0 Å². The Kier molecular flexibility index (Phi) is 11.5. The molecular formula is C19H37IN4O. The number of nitrogens with zero attached hydrogens (tertiary/aromatic N) is 2. The molecule has 0 atom stereocenters. The highest BCUT2D eigenvalue weighted by Gasteiger charge is 2.23. The number of carbonyl (C=O) groups excluding carboxylic acids is 1. The molecule has 1 saturated heterocycles. The zero-order valence-corrected chi connectivity index (χ0v) is 18.4. The standard InChI is InChI=1S/C19H36N4O.HI/c1-3-21-19(22-12-6-9-16-7-4-5-8-16)23-13-10-17(11-14-23)15-18(24)20-2;/h16-17H,3-15H2,1-2H3,(H,20,24)(H,21,22);1H. The molecule has 1 aliphatic heterocycles. The van der Waals surface area contributed by atoms with Crippen LogP contribution in [0.15, 0.2) is 4.99 Å². The summed E-state index contributed by atoms with van der Waals surface area (Å²) in [4.78, 5) is 18.7. The molecule has 0 aromatic rings. The summed E-state index contributed by atoms with van der Waals surface area (Å²) in [5.74, 6) is 2.72. The normalized spacial score (nSPS) is 19.6. The molecule has 2 fully saturated rings. The molecule has 0 spiro atoms. The van der Waals surface area contributed by atoms with Gasteiger partial charge in [-0.2, -0.15) is 0 Å². The van der Waals surface area contributed by atoms with Gasteiger partial charge in [0.25, 0.3) is 0 Å². The SMILES string of the molecule is CCNC(=NCCCC1CCCC1)N1CCC(CC(=O)NC)CC1.I. The zero-order chi connectivity index (χ0) is 17.2. The molecule has 0 radical (unpaired) electrons. The maximum atomic E-state index is 11.5. The van der Waals surface area contributed by atoms with Crippen molar-refractivity contribution in [3.8, 4) is 0 Å². The fourth-order valence-corrected chi connectivity index (χ4v) is 4.00. The number of rotatable bonds is 7. The van der Waals surface area contributed by atoms with E-state index >= 15 is 0 Å². The summed E-state index contributed by atoms with van der Waals surface area (Å²) in [6.45, 7) is 6.01. The molecule has 0 bridgehead atoms. The van der Waals surface area contributed by atoms with E-state index in [0.717, 1.165) is 50.9 Å². The van der Waals surface area contributed by atoms with Crippen LogP contribution in [0.2, 0.25) is 0 Å². The number of piperidine rings is 1. The van der Waals surface area contributed by atoms with Crippen molar-refractivity contribution in [1.82, 2.24) is 15.5 Å². The van der Waals surface area contributed by atoms with E-state index in [2.05, 4.69) is 22.5 Å². The second-order valence-electron chi connectivity index (χ2n) is 7.34. The molecule has 25 heavy (non-hydrogen) atoms. The Morgan fingerprint density at radius 3 is 2.40 bits per heavy atom. The molecule has 0 unspecified atom stereocenters. The minimum atomic E-state index is 0. The quantitative estimate of drug-likeness (QED) is 0.263. The molecule has 5 nitrogen and oxygen atoms in total. The van der Waals surface area contributed by atoms with E-state index in [4.69, 9.17) is 4.99 Å².